The third kappa shape index (κ3) is 2.30. The molecule has 0 spiro atoms. The number of anilines is 1. The number of hydrogen-bond acceptors (Lipinski definition) is 3. The highest BCUT2D eigenvalue weighted by Crippen LogP contribution is 2.35. The summed E-state index contributed by atoms with van der Waals surface area (Å²) in [5.74, 6) is 0.691. The maximum absolute atomic E-state index is 12.7. The van der Waals surface area contributed by atoms with E-state index in [9.17, 15) is 4.79 Å². The highest BCUT2D eigenvalue weighted by Gasteiger charge is 2.36. The summed E-state index contributed by atoms with van der Waals surface area (Å²) in [6.07, 6.45) is 8.76. The molecule has 0 bridgehead atoms. The van der Waals surface area contributed by atoms with Crippen LogP contribution in [0.4, 0.5) is 5.69 Å². The number of likely N-dealkylation sites (tertiary alicyclic amines) is 1. The van der Waals surface area contributed by atoms with Crippen LogP contribution in [0.1, 0.15) is 61.1 Å². The molecule has 1 saturated heterocycles. The van der Waals surface area contributed by atoms with Crippen molar-refractivity contribution in [2.75, 3.05) is 12.3 Å². The predicted molar refractivity (Wildman–Crippen MR) is 78.4 cm³/mol. The van der Waals surface area contributed by atoms with Crippen molar-refractivity contribution in [3.05, 3.63) is 11.4 Å². The van der Waals surface area contributed by atoms with Crippen molar-refractivity contribution >= 4 is 11.6 Å². The number of nitrogens with one attached hydrogen (secondary N) is 1. The molecular weight excluding hydrogens is 252 g/mol. The monoisotopic (exact) mass is 276 g/mol. The van der Waals surface area contributed by atoms with Gasteiger partial charge >= 0.3 is 0 Å². The molecule has 2 heterocycles. The summed E-state index contributed by atoms with van der Waals surface area (Å²) in [5, 5.41) is 6.91. The summed E-state index contributed by atoms with van der Waals surface area (Å²) in [4.78, 5) is 14.7. The Hall–Kier alpha value is -1.52. The van der Waals surface area contributed by atoms with E-state index in [2.05, 4.69) is 10.2 Å². The lowest BCUT2D eigenvalue weighted by Crippen LogP contribution is -2.41. The SMILES string of the molecule is Cc1[nH]nc(C(=O)N2CCCC2C2CCCCC2)c1N. The normalized spacial score (nSPS) is 24.2. The fraction of sp³-hybridized carbons (Fsp3) is 0.733. The minimum absolute atomic E-state index is 0.0138. The molecule has 1 unspecified atom stereocenters. The molecule has 20 heavy (non-hydrogen) atoms. The van der Waals surface area contributed by atoms with E-state index < -0.39 is 0 Å². The molecule has 0 radical (unpaired) electrons. The Balaban J connectivity index is 1.77. The number of H-pyrrole nitrogens is 1. The second kappa shape index (κ2) is 5.46. The molecule has 5 nitrogen and oxygen atoms in total. The number of carbonyl (C=O) groups is 1. The number of aromatic nitrogens is 2. The fourth-order valence-corrected chi connectivity index (χ4v) is 3.79. The van der Waals surface area contributed by atoms with E-state index in [4.69, 9.17) is 5.73 Å². The lowest BCUT2D eigenvalue weighted by molar-refractivity contribution is 0.0656. The number of nitrogens with zero attached hydrogens (tertiary/aromatic N) is 2. The van der Waals surface area contributed by atoms with E-state index in [1.54, 1.807) is 0 Å². The Morgan fingerprint density at radius 2 is 2.00 bits per heavy atom. The smallest absolute Gasteiger partial charge is 0.276 e. The van der Waals surface area contributed by atoms with E-state index in [1.807, 2.05) is 11.8 Å². The first-order chi connectivity index (χ1) is 9.68. The van der Waals surface area contributed by atoms with Crippen LogP contribution in [0.5, 0.6) is 0 Å². The van der Waals surface area contributed by atoms with Gasteiger partial charge in [-0.05, 0) is 38.5 Å². The highest BCUT2D eigenvalue weighted by molar-refractivity contribution is 5.97. The van der Waals surface area contributed by atoms with Crippen LogP contribution < -0.4 is 5.73 Å². The van der Waals surface area contributed by atoms with Crippen molar-refractivity contribution < 1.29 is 4.79 Å². The van der Waals surface area contributed by atoms with Crippen LogP contribution in [0.15, 0.2) is 0 Å². The molecular formula is C15H24N4O. The molecule has 110 valence electrons. The van der Waals surface area contributed by atoms with Crippen molar-refractivity contribution in [3.63, 3.8) is 0 Å². The number of aromatic amines is 1. The summed E-state index contributed by atoms with van der Waals surface area (Å²) in [7, 11) is 0. The fourth-order valence-electron chi connectivity index (χ4n) is 3.79. The number of nitrogen functional groups attached to an aromatic ring is 1. The van der Waals surface area contributed by atoms with Crippen LogP contribution >= 0.6 is 0 Å². The zero-order chi connectivity index (χ0) is 14.1. The Labute approximate surface area is 119 Å². The van der Waals surface area contributed by atoms with E-state index >= 15 is 0 Å². The number of rotatable bonds is 2. The molecule has 1 aliphatic carbocycles. The lowest BCUT2D eigenvalue weighted by Gasteiger charge is -2.33. The zero-order valence-electron chi connectivity index (χ0n) is 12.2. The van der Waals surface area contributed by atoms with Crippen LogP contribution in [0.25, 0.3) is 0 Å². The average molecular weight is 276 g/mol. The predicted octanol–water partition coefficient (Wildman–Crippen LogP) is 2.49. The second-order valence-corrected chi connectivity index (χ2v) is 6.22. The molecule has 1 atom stereocenters. The number of carbonyl (C=O) groups excluding carboxylic acids is 1. The first kappa shape index (κ1) is 13.5. The molecule has 3 rings (SSSR count). The lowest BCUT2D eigenvalue weighted by atomic mass is 9.83. The average Bonchev–Trinajstić information content (AvgIpc) is 3.08. The highest BCUT2D eigenvalue weighted by atomic mass is 16.2. The van der Waals surface area contributed by atoms with Gasteiger partial charge in [0.1, 0.15) is 0 Å². The summed E-state index contributed by atoms with van der Waals surface area (Å²) in [5.41, 5.74) is 7.64. The Morgan fingerprint density at radius 3 is 2.65 bits per heavy atom. The molecule has 0 aromatic carbocycles. The first-order valence-electron chi connectivity index (χ1n) is 7.80. The maximum Gasteiger partial charge on any atom is 0.276 e. The topological polar surface area (TPSA) is 75.0 Å². The van der Waals surface area contributed by atoms with Gasteiger partial charge in [-0.25, -0.2) is 0 Å². The van der Waals surface area contributed by atoms with Crippen LogP contribution in [0.2, 0.25) is 0 Å². The second-order valence-electron chi connectivity index (χ2n) is 6.22. The Morgan fingerprint density at radius 1 is 1.25 bits per heavy atom. The number of amides is 1. The van der Waals surface area contributed by atoms with Crippen molar-refractivity contribution in [1.82, 2.24) is 15.1 Å². The third-order valence-corrected chi connectivity index (χ3v) is 4.95. The van der Waals surface area contributed by atoms with Gasteiger partial charge in [0.25, 0.3) is 5.91 Å². The van der Waals surface area contributed by atoms with Gasteiger partial charge in [-0.3, -0.25) is 9.89 Å². The van der Waals surface area contributed by atoms with Crippen molar-refractivity contribution in [2.45, 2.75) is 57.9 Å². The van der Waals surface area contributed by atoms with Gasteiger partial charge in [0.2, 0.25) is 0 Å². The largest absolute Gasteiger partial charge is 0.395 e. The maximum atomic E-state index is 12.7. The molecule has 3 N–H and O–H groups in total. The van der Waals surface area contributed by atoms with Crippen LogP contribution in [0, 0.1) is 12.8 Å². The minimum atomic E-state index is 0.0138. The molecule has 2 aliphatic rings. The van der Waals surface area contributed by atoms with Crippen LogP contribution in [0.3, 0.4) is 0 Å². The third-order valence-electron chi connectivity index (χ3n) is 4.95. The van der Waals surface area contributed by atoms with Crippen molar-refractivity contribution in [3.8, 4) is 0 Å². The summed E-state index contributed by atoms with van der Waals surface area (Å²) in [6.45, 7) is 2.70. The van der Waals surface area contributed by atoms with Gasteiger partial charge in [-0.1, -0.05) is 19.3 Å². The summed E-state index contributed by atoms with van der Waals surface area (Å²) < 4.78 is 0. The zero-order valence-corrected chi connectivity index (χ0v) is 12.2. The molecule has 2 fully saturated rings. The van der Waals surface area contributed by atoms with Crippen molar-refractivity contribution in [1.29, 1.82) is 0 Å². The van der Waals surface area contributed by atoms with Gasteiger partial charge < -0.3 is 10.6 Å². The number of hydrogen-bond donors (Lipinski definition) is 2. The van der Waals surface area contributed by atoms with Gasteiger partial charge in [-0.15, -0.1) is 0 Å². The quantitative estimate of drug-likeness (QED) is 0.871. The van der Waals surface area contributed by atoms with Crippen LogP contribution in [-0.4, -0.2) is 33.6 Å². The Kier molecular flexibility index (Phi) is 3.68. The van der Waals surface area contributed by atoms with E-state index in [0.29, 0.717) is 23.3 Å². The van der Waals surface area contributed by atoms with Gasteiger partial charge in [0, 0.05) is 12.6 Å². The molecule has 1 amide bonds. The van der Waals surface area contributed by atoms with Gasteiger partial charge in [0.15, 0.2) is 5.69 Å². The molecule has 1 aliphatic heterocycles. The molecule has 1 aromatic rings. The van der Waals surface area contributed by atoms with Crippen molar-refractivity contribution in [2.24, 2.45) is 5.92 Å². The molecule has 1 saturated carbocycles. The van der Waals surface area contributed by atoms with Crippen LogP contribution in [-0.2, 0) is 0 Å². The standard InChI is InChI=1S/C15H24N4O/c1-10-13(16)14(18-17-10)15(20)19-9-5-8-12(19)11-6-3-2-4-7-11/h11-12H,2-9,16H2,1H3,(H,17,18). The number of aryl methyl sites for hydroxylation is 1. The van der Waals surface area contributed by atoms with Gasteiger partial charge in [-0.2, -0.15) is 5.10 Å². The van der Waals surface area contributed by atoms with E-state index in [1.165, 1.54) is 32.1 Å². The minimum Gasteiger partial charge on any atom is -0.395 e. The summed E-state index contributed by atoms with van der Waals surface area (Å²) in [6, 6.07) is 0.402. The molecule has 5 heteroatoms. The number of nitrogens with two attached hydrogens (primary N) is 1. The van der Waals surface area contributed by atoms with Gasteiger partial charge in [0.05, 0.1) is 11.4 Å². The van der Waals surface area contributed by atoms with E-state index in [-0.39, 0.29) is 5.91 Å². The van der Waals surface area contributed by atoms with E-state index in [0.717, 1.165) is 25.1 Å². The Bertz CT molecular complexity index is 490. The first-order valence-corrected chi connectivity index (χ1v) is 7.80. The molecule has 1 aromatic heterocycles. The summed E-state index contributed by atoms with van der Waals surface area (Å²) >= 11 is 0.